The number of fused-ring (bicyclic) bond motifs is 5. The highest BCUT2D eigenvalue weighted by Gasteiger charge is 2.41. The van der Waals surface area contributed by atoms with Crippen LogP contribution in [0.5, 0.6) is 11.5 Å². The second-order valence-electron chi connectivity index (χ2n) is 7.39. The van der Waals surface area contributed by atoms with E-state index in [4.69, 9.17) is 9.47 Å². The van der Waals surface area contributed by atoms with Gasteiger partial charge >= 0.3 is 0 Å². The number of aliphatic hydroxyl groups excluding tert-OH is 1. The maximum atomic E-state index is 10.0. The fraction of sp³-hybridized carbons (Fsp3) is 0.667. The van der Waals surface area contributed by atoms with Crippen molar-refractivity contribution in [2.24, 2.45) is 11.8 Å². The molecule has 0 radical (unpaired) electrons. The number of aliphatic hydroxyl groups is 1. The zero-order valence-corrected chi connectivity index (χ0v) is 12.8. The summed E-state index contributed by atoms with van der Waals surface area (Å²) in [5.74, 6) is 3.29. The van der Waals surface area contributed by atoms with Crippen LogP contribution in [0.15, 0.2) is 12.1 Å². The van der Waals surface area contributed by atoms with E-state index in [1.54, 1.807) is 0 Å². The third-order valence-electron chi connectivity index (χ3n) is 6.21. The molecule has 1 N–H and O–H groups in total. The van der Waals surface area contributed by atoms with Crippen LogP contribution >= 0.6 is 0 Å². The Bertz CT molecular complexity index is 602. The molecule has 22 heavy (non-hydrogen) atoms. The van der Waals surface area contributed by atoms with Crippen molar-refractivity contribution in [1.29, 1.82) is 0 Å². The van der Waals surface area contributed by atoms with Crippen LogP contribution in [-0.4, -0.2) is 36.0 Å². The lowest BCUT2D eigenvalue weighted by molar-refractivity contribution is -0.00983. The summed E-state index contributed by atoms with van der Waals surface area (Å²) in [5.41, 5.74) is 2.87. The van der Waals surface area contributed by atoms with Gasteiger partial charge in [0.2, 0.25) is 6.79 Å². The van der Waals surface area contributed by atoms with Crippen molar-refractivity contribution in [3.63, 3.8) is 0 Å². The van der Waals surface area contributed by atoms with Crippen LogP contribution in [0.1, 0.15) is 42.9 Å². The summed E-state index contributed by atoms with van der Waals surface area (Å²) < 4.78 is 11.1. The molecule has 2 fully saturated rings. The van der Waals surface area contributed by atoms with Gasteiger partial charge in [0.1, 0.15) is 0 Å². The van der Waals surface area contributed by atoms with Gasteiger partial charge in [0.05, 0.1) is 6.10 Å². The van der Waals surface area contributed by atoms with Gasteiger partial charge in [-0.15, -0.1) is 0 Å². The Morgan fingerprint density at radius 3 is 2.95 bits per heavy atom. The Morgan fingerprint density at radius 1 is 1.18 bits per heavy atom. The first kappa shape index (κ1) is 13.2. The number of rotatable bonds is 0. The van der Waals surface area contributed by atoms with Gasteiger partial charge in [-0.05, 0) is 67.2 Å². The van der Waals surface area contributed by atoms with E-state index >= 15 is 0 Å². The molecular weight excluding hydrogens is 280 g/mol. The molecule has 0 amide bonds. The fourth-order valence-corrected chi connectivity index (χ4v) is 5.06. The number of hydrogen-bond donors (Lipinski definition) is 1. The second-order valence-corrected chi connectivity index (χ2v) is 7.39. The van der Waals surface area contributed by atoms with E-state index in [0.717, 1.165) is 43.2 Å². The standard InChI is InChI=1S/C18H23NO3/c20-14-2-1-12-9-19-4-3-11-7-17-18(22-10-21-17)8-15(11)16(19)6-13(12)5-14/h7-8,12-14,16,20H,1-6,9-10H2/t12-,13+,14+,16+/m1/s1/i14+2. The predicted molar refractivity (Wildman–Crippen MR) is 82.0 cm³/mol. The van der Waals surface area contributed by atoms with Crippen LogP contribution < -0.4 is 9.47 Å². The van der Waals surface area contributed by atoms with Gasteiger partial charge in [0.25, 0.3) is 0 Å². The zero-order valence-electron chi connectivity index (χ0n) is 12.8. The van der Waals surface area contributed by atoms with E-state index in [0.29, 0.717) is 18.8 Å². The monoisotopic (exact) mass is 303 g/mol. The van der Waals surface area contributed by atoms with Crippen molar-refractivity contribution in [2.75, 3.05) is 19.9 Å². The molecule has 4 nitrogen and oxygen atoms in total. The normalized spacial score (nSPS) is 36.4. The summed E-state index contributed by atoms with van der Waals surface area (Å²) in [5, 5.41) is 10.0. The Morgan fingerprint density at radius 2 is 2.05 bits per heavy atom. The molecule has 1 aromatic carbocycles. The number of ether oxygens (including phenoxy) is 2. The van der Waals surface area contributed by atoms with Gasteiger partial charge in [-0.3, -0.25) is 4.90 Å². The van der Waals surface area contributed by atoms with Gasteiger partial charge in [-0.1, -0.05) is 0 Å². The quantitative estimate of drug-likeness (QED) is 0.799. The summed E-state index contributed by atoms with van der Waals surface area (Å²) in [4.78, 5) is 2.67. The van der Waals surface area contributed by atoms with Crippen molar-refractivity contribution in [1.82, 2.24) is 4.90 Å². The third-order valence-corrected chi connectivity index (χ3v) is 6.21. The van der Waals surface area contributed by atoms with Crippen LogP contribution in [0.4, 0.5) is 0 Å². The first-order valence-corrected chi connectivity index (χ1v) is 8.62. The summed E-state index contributed by atoms with van der Waals surface area (Å²) in [7, 11) is 0. The second kappa shape index (κ2) is 4.87. The Kier molecular flexibility index (Phi) is 2.92. The molecule has 1 saturated carbocycles. The largest absolute Gasteiger partial charge is 0.454 e. The minimum absolute atomic E-state index is 0.0763. The van der Waals surface area contributed by atoms with E-state index in [1.807, 2.05) is 0 Å². The Labute approximate surface area is 131 Å². The minimum Gasteiger partial charge on any atom is -0.454 e. The lowest BCUT2D eigenvalue weighted by Gasteiger charge is -2.49. The van der Waals surface area contributed by atoms with Crippen molar-refractivity contribution in [3.05, 3.63) is 23.3 Å². The smallest absolute Gasteiger partial charge is 0.231 e. The average molecular weight is 303 g/mol. The highest BCUT2D eigenvalue weighted by atomic mass is 16.7. The predicted octanol–water partition coefficient (Wildman–Crippen LogP) is 2.50. The van der Waals surface area contributed by atoms with E-state index in [9.17, 15) is 5.11 Å². The van der Waals surface area contributed by atoms with Crippen LogP contribution in [0, 0.1) is 11.8 Å². The van der Waals surface area contributed by atoms with E-state index in [1.165, 1.54) is 30.5 Å². The lowest BCUT2D eigenvalue weighted by Crippen LogP contribution is -2.48. The maximum absolute atomic E-state index is 10.0. The molecule has 5 rings (SSSR count). The number of hydrogen-bond acceptors (Lipinski definition) is 4. The van der Waals surface area contributed by atoms with Gasteiger partial charge in [-0.2, -0.15) is 0 Å². The zero-order chi connectivity index (χ0) is 14.7. The third kappa shape index (κ3) is 1.97. The van der Waals surface area contributed by atoms with Gasteiger partial charge in [0, 0.05) is 19.1 Å². The maximum Gasteiger partial charge on any atom is 0.231 e. The molecule has 3 heterocycles. The summed E-state index contributed by atoms with van der Waals surface area (Å²) >= 11 is 0. The number of benzene rings is 1. The molecule has 4 heteroatoms. The van der Waals surface area contributed by atoms with E-state index < -0.39 is 0 Å². The van der Waals surface area contributed by atoms with Gasteiger partial charge in [-0.25, -0.2) is 0 Å². The molecule has 3 aliphatic heterocycles. The molecule has 0 aromatic heterocycles. The minimum atomic E-state index is -0.0763. The topological polar surface area (TPSA) is 41.9 Å². The summed E-state index contributed by atoms with van der Waals surface area (Å²) in [6.45, 7) is 2.71. The van der Waals surface area contributed by atoms with E-state index in [-0.39, 0.29) is 6.10 Å². The van der Waals surface area contributed by atoms with Crippen molar-refractivity contribution in [2.45, 2.75) is 44.2 Å². The summed E-state index contributed by atoms with van der Waals surface area (Å²) in [6, 6.07) is 4.91. The molecule has 0 spiro atoms. The average Bonchev–Trinajstić information content (AvgIpc) is 2.98. The summed E-state index contributed by atoms with van der Waals surface area (Å²) in [6.07, 6.45) is 5.41. The van der Waals surface area contributed by atoms with Crippen molar-refractivity contribution >= 4 is 0 Å². The van der Waals surface area contributed by atoms with Crippen LogP contribution in [0.25, 0.3) is 0 Å². The fourth-order valence-electron chi connectivity index (χ4n) is 5.06. The molecule has 0 unspecified atom stereocenters. The van der Waals surface area contributed by atoms with Gasteiger partial charge < -0.3 is 14.6 Å². The Balaban J connectivity index is 1.48. The van der Waals surface area contributed by atoms with Crippen LogP contribution in [0.2, 0.25) is 0 Å². The molecule has 0 bridgehead atoms. The highest BCUT2D eigenvalue weighted by Crippen LogP contribution is 2.48. The van der Waals surface area contributed by atoms with E-state index in [2.05, 4.69) is 17.0 Å². The molecular formula is C18H23NO3. The SMILES string of the molecule is O[14C@H]1CC[C@@H]2CN3CCc4cc5c(cc4[C@@H]3C[C@@H]2C1)OCO5. The van der Waals surface area contributed by atoms with Crippen LogP contribution in [-0.2, 0) is 6.42 Å². The molecule has 1 aliphatic carbocycles. The first-order valence-electron chi connectivity index (χ1n) is 8.62. The first-order chi connectivity index (χ1) is 10.8. The number of piperidine rings is 1. The molecule has 1 aromatic rings. The molecule has 4 aliphatic rings. The van der Waals surface area contributed by atoms with Crippen LogP contribution in [0.3, 0.4) is 0 Å². The number of nitrogens with zero attached hydrogens (tertiary/aromatic N) is 1. The highest BCUT2D eigenvalue weighted by molar-refractivity contribution is 5.50. The Hall–Kier alpha value is -1.26. The van der Waals surface area contributed by atoms with Crippen molar-refractivity contribution in [3.8, 4) is 11.5 Å². The molecule has 4 atom stereocenters. The van der Waals surface area contributed by atoms with Gasteiger partial charge in [0.15, 0.2) is 11.5 Å². The molecule has 1 saturated heterocycles. The lowest BCUT2D eigenvalue weighted by atomic mass is 9.74. The van der Waals surface area contributed by atoms with Crippen molar-refractivity contribution < 1.29 is 14.6 Å². The molecule has 118 valence electrons.